The molecule has 0 fully saturated rings. The summed E-state index contributed by atoms with van der Waals surface area (Å²) in [4.78, 5) is 11.8. The Morgan fingerprint density at radius 1 is 1.32 bits per heavy atom. The quantitative estimate of drug-likeness (QED) is 0.885. The first-order valence-electron chi connectivity index (χ1n) is 7.27. The van der Waals surface area contributed by atoms with Crippen molar-refractivity contribution in [1.29, 1.82) is 0 Å². The highest BCUT2D eigenvalue weighted by molar-refractivity contribution is 5.80. The van der Waals surface area contributed by atoms with Crippen LogP contribution in [0.1, 0.15) is 44.2 Å². The van der Waals surface area contributed by atoms with Gasteiger partial charge < -0.3 is 10.1 Å². The van der Waals surface area contributed by atoms with Crippen molar-refractivity contribution in [3.05, 3.63) is 29.3 Å². The summed E-state index contributed by atoms with van der Waals surface area (Å²) in [7, 11) is 0. The van der Waals surface area contributed by atoms with Gasteiger partial charge in [-0.25, -0.2) is 0 Å². The first kappa shape index (κ1) is 13.9. The van der Waals surface area contributed by atoms with Gasteiger partial charge in [0.25, 0.3) is 5.91 Å². The lowest BCUT2D eigenvalue weighted by Crippen LogP contribution is -2.36. The summed E-state index contributed by atoms with van der Waals surface area (Å²) in [6.45, 7) is 4.54. The van der Waals surface area contributed by atoms with E-state index in [0.717, 1.165) is 18.6 Å². The largest absolute Gasteiger partial charge is 0.481 e. The number of rotatable bonds is 5. The van der Waals surface area contributed by atoms with Crippen LogP contribution in [0.25, 0.3) is 0 Å². The maximum atomic E-state index is 11.8. The summed E-state index contributed by atoms with van der Waals surface area (Å²) in [6, 6.07) is 6.21. The molecule has 1 N–H and O–H groups in total. The van der Waals surface area contributed by atoms with Gasteiger partial charge in [0, 0.05) is 6.54 Å². The van der Waals surface area contributed by atoms with Gasteiger partial charge in [-0.3, -0.25) is 4.79 Å². The van der Waals surface area contributed by atoms with Gasteiger partial charge in [0.05, 0.1) is 0 Å². The monoisotopic (exact) mass is 261 g/mol. The lowest BCUT2D eigenvalue weighted by atomic mass is 9.92. The Bertz CT molecular complexity index is 442. The number of hydrogen-bond acceptors (Lipinski definition) is 2. The zero-order valence-corrected chi connectivity index (χ0v) is 11.9. The lowest BCUT2D eigenvalue weighted by Gasteiger charge is -2.19. The number of carbonyl (C=O) groups is 1. The second kappa shape index (κ2) is 6.60. The Hall–Kier alpha value is -1.51. The van der Waals surface area contributed by atoms with Crippen molar-refractivity contribution in [2.24, 2.45) is 0 Å². The topological polar surface area (TPSA) is 38.3 Å². The summed E-state index contributed by atoms with van der Waals surface area (Å²) in [5.41, 5.74) is 2.81. The molecule has 1 aromatic rings. The van der Waals surface area contributed by atoms with Crippen molar-refractivity contribution < 1.29 is 9.53 Å². The van der Waals surface area contributed by atoms with Crippen LogP contribution < -0.4 is 10.1 Å². The van der Waals surface area contributed by atoms with Crippen LogP contribution in [-0.2, 0) is 17.6 Å². The van der Waals surface area contributed by atoms with Crippen LogP contribution >= 0.6 is 0 Å². The van der Waals surface area contributed by atoms with E-state index in [2.05, 4.69) is 17.4 Å². The van der Waals surface area contributed by atoms with Crippen molar-refractivity contribution in [1.82, 2.24) is 5.32 Å². The van der Waals surface area contributed by atoms with Gasteiger partial charge in [0.1, 0.15) is 5.75 Å². The highest BCUT2D eigenvalue weighted by Crippen LogP contribution is 2.25. The molecule has 2 rings (SSSR count). The van der Waals surface area contributed by atoms with Gasteiger partial charge in [-0.05, 0) is 62.3 Å². The lowest BCUT2D eigenvalue weighted by molar-refractivity contribution is -0.127. The SMILES string of the molecule is CCCNC(=O)[C@H](C)Oc1ccc2c(c1)CCCC2. The van der Waals surface area contributed by atoms with Crippen molar-refractivity contribution in [3.63, 3.8) is 0 Å². The molecule has 1 aliphatic carbocycles. The molecule has 19 heavy (non-hydrogen) atoms. The van der Waals surface area contributed by atoms with Gasteiger partial charge in [-0.15, -0.1) is 0 Å². The molecule has 0 radical (unpaired) electrons. The number of nitrogens with one attached hydrogen (secondary N) is 1. The minimum Gasteiger partial charge on any atom is -0.481 e. The molecular formula is C16H23NO2. The first-order chi connectivity index (χ1) is 9.20. The minimum atomic E-state index is -0.437. The fourth-order valence-corrected chi connectivity index (χ4v) is 2.43. The van der Waals surface area contributed by atoms with E-state index >= 15 is 0 Å². The Labute approximate surface area is 115 Å². The van der Waals surface area contributed by atoms with E-state index in [4.69, 9.17) is 4.74 Å². The third kappa shape index (κ3) is 3.72. The van der Waals surface area contributed by atoms with E-state index in [0.29, 0.717) is 6.54 Å². The third-order valence-corrected chi connectivity index (χ3v) is 3.55. The second-order valence-electron chi connectivity index (χ2n) is 5.19. The molecular weight excluding hydrogens is 238 g/mol. The summed E-state index contributed by atoms with van der Waals surface area (Å²) in [6.07, 6.45) is 5.34. The first-order valence-corrected chi connectivity index (χ1v) is 7.27. The van der Waals surface area contributed by atoms with E-state index < -0.39 is 6.10 Å². The van der Waals surface area contributed by atoms with Crippen molar-refractivity contribution in [3.8, 4) is 5.75 Å². The van der Waals surface area contributed by atoms with E-state index in [9.17, 15) is 4.79 Å². The van der Waals surface area contributed by atoms with Gasteiger partial charge in [0.2, 0.25) is 0 Å². The molecule has 1 aliphatic rings. The number of amides is 1. The molecule has 0 heterocycles. The van der Waals surface area contributed by atoms with Gasteiger partial charge in [0.15, 0.2) is 6.10 Å². The molecule has 0 aliphatic heterocycles. The molecule has 1 aromatic carbocycles. The fourth-order valence-electron chi connectivity index (χ4n) is 2.43. The average molecular weight is 261 g/mol. The number of benzene rings is 1. The van der Waals surface area contributed by atoms with Crippen LogP contribution in [-0.4, -0.2) is 18.6 Å². The van der Waals surface area contributed by atoms with Crippen LogP contribution in [0.2, 0.25) is 0 Å². The van der Waals surface area contributed by atoms with Crippen LogP contribution in [0.4, 0.5) is 0 Å². The van der Waals surface area contributed by atoms with Gasteiger partial charge in [-0.1, -0.05) is 13.0 Å². The van der Waals surface area contributed by atoms with Crippen LogP contribution in [0.5, 0.6) is 5.75 Å². The van der Waals surface area contributed by atoms with Gasteiger partial charge in [-0.2, -0.15) is 0 Å². The van der Waals surface area contributed by atoms with Crippen LogP contribution in [0.3, 0.4) is 0 Å². The number of carbonyl (C=O) groups excluding carboxylic acids is 1. The molecule has 0 unspecified atom stereocenters. The van der Waals surface area contributed by atoms with Crippen molar-refractivity contribution in [2.75, 3.05) is 6.54 Å². The van der Waals surface area contributed by atoms with Crippen LogP contribution in [0.15, 0.2) is 18.2 Å². The Kier molecular flexibility index (Phi) is 4.83. The number of aryl methyl sites for hydroxylation is 2. The van der Waals surface area contributed by atoms with Crippen molar-refractivity contribution >= 4 is 5.91 Å². The summed E-state index contributed by atoms with van der Waals surface area (Å²) in [5, 5.41) is 2.85. The molecule has 1 amide bonds. The predicted octanol–water partition coefficient (Wildman–Crippen LogP) is 2.86. The standard InChI is InChI=1S/C16H23NO2/c1-3-10-17-16(18)12(2)19-15-9-8-13-6-4-5-7-14(13)11-15/h8-9,11-12H,3-7,10H2,1-2H3,(H,17,18)/t12-/m0/s1. The third-order valence-electron chi connectivity index (χ3n) is 3.55. The maximum Gasteiger partial charge on any atom is 0.260 e. The minimum absolute atomic E-state index is 0.0421. The average Bonchev–Trinajstić information content (AvgIpc) is 2.44. The van der Waals surface area contributed by atoms with E-state index in [-0.39, 0.29) is 5.91 Å². The summed E-state index contributed by atoms with van der Waals surface area (Å²) < 4.78 is 5.73. The predicted molar refractivity (Wildman–Crippen MR) is 76.5 cm³/mol. The molecule has 3 nitrogen and oxygen atoms in total. The summed E-state index contributed by atoms with van der Waals surface area (Å²) >= 11 is 0. The Morgan fingerprint density at radius 3 is 2.79 bits per heavy atom. The molecule has 1 atom stereocenters. The van der Waals surface area contributed by atoms with Gasteiger partial charge >= 0.3 is 0 Å². The van der Waals surface area contributed by atoms with E-state index in [1.807, 2.05) is 13.0 Å². The number of hydrogen-bond donors (Lipinski definition) is 1. The maximum absolute atomic E-state index is 11.8. The smallest absolute Gasteiger partial charge is 0.260 e. The fraction of sp³-hybridized carbons (Fsp3) is 0.562. The molecule has 104 valence electrons. The normalized spacial score (nSPS) is 15.5. The Balaban J connectivity index is 1.97. The molecule has 0 aromatic heterocycles. The molecule has 0 saturated carbocycles. The molecule has 0 spiro atoms. The molecule has 3 heteroatoms. The zero-order chi connectivity index (χ0) is 13.7. The summed E-state index contributed by atoms with van der Waals surface area (Å²) in [5.74, 6) is 0.763. The Morgan fingerprint density at radius 2 is 2.05 bits per heavy atom. The van der Waals surface area contributed by atoms with E-state index in [1.54, 1.807) is 6.92 Å². The van der Waals surface area contributed by atoms with Crippen molar-refractivity contribution in [2.45, 2.75) is 52.1 Å². The van der Waals surface area contributed by atoms with Crippen LogP contribution in [0, 0.1) is 0 Å². The van der Waals surface area contributed by atoms with E-state index in [1.165, 1.54) is 30.4 Å². The number of ether oxygens (including phenoxy) is 1. The zero-order valence-electron chi connectivity index (χ0n) is 11.9. The molecule has 0 saturated heterocycles. The highest BCUT2D eigenvalue weighted by atomic mass is 16.5. The number of fused-ring (bicyclic) bond motifs is 1. The second-order valence-corrected chi connectivity index (χ2v) is 5.19. The highest BCUT2D eigenvalue weighted by Gasteiger charge is 2.15. The molecule has 0 bridgehead atoms.